The Morgan fingerprint density at radius 2 is 2.20 bits per heavy atom. The van der Waals surface area contributed by atoms with Crippen molar-refractivity contribution in [1.29, 1.82) is 0 Å². The fraction of sp³-hybridized carbons (Fsp3) is 0.615. The first-order valence-corrected chi connectivity index (χ1v) is 6.06. The van der Waals surface area contributed by atoms with Crippen LogP contribution in [0, 0.1) is 5.92 Å². The number of hydrogen-bond donors (Lipinski definition) is 1. The van der Waals surface area contributed by atoms with Gasteiger partial charge in [0.05, 0.1) is 12.0 Å². The maximum Gasteiger partial charge on any atom is 0.228 e. The normalized spacial score (nSPS) is 34.5. The minimum atomic E-state index is 0.166. The molecule has 2 atom stereocenters. The van der Waals surface area contributed by atoms with Crippen molar-refractivity contribution in [3.05, 3.63) is 23.3 Å². The van der Waals surface area contributed by atoms with E-state index in [0.717, 1.165) is 19.3 Å². The number of allylic oxidation sites excluding steroid dienone is 2. The van der Waals surface area contributed by atoms with E-state index >= 15 is 0 Å². The molecule has 80 valence electrons. The standard InChI is InChI=1S/C13H17NO/c15-13-11-7-2-1-5-9(11)10-6-3-4-8-12(10)14-13/h1,5,11-12H,2-4,6-8H2,(H,14,15). The van der Waals surface area contributed by atoms with Crippen molar-refractivity contribution in [2.45, 2.75) is 44.6 Å². The van der Waals surface area contributed by atoms with E-state index in [-0.39, 0.29) is 11.8 Å². The second-order valence-corrected chi connectivity index (χ2v) is 4.82. The molecule has 0 saturated heterocycles. The van der Waals surface area contributed by atoms with E-state index in [1.54, 1.807) is 0 Å². The Labute approximate surface area is 90.4 Å². The molecular weight excluding hydrogens is 186 g/mol. The second kappa shape index (κ2) is 3.51. The molecule has 1 saturated carbocycles. The number of rotatable bonds is 0. The Morgan fingerprint density at radius 3 is 3.13 bits per heavy atom. The quantitative estimate of drug-likeness (QED) is 0.643. The van der Waals surface area contributed by atoms with Gasteiger partial charge < -0.3 is 5.32 Å². The summed E-state index contributed by atoms with van der Waals surface area (Å²) in [6.45, 7) is 0. The van der Waals surface area contributed by atoms with Gasteiger partial charge in [0.15, 0.2) is 0 Å². The number of hydrogen-bond acceptors (Lipinski definition) is 1. The fourth-order valence-electron chi connectivity index (χ4n) is 3.14. The monoisotopic (exact) mass is 203 g/mol. The smallest absolute Gasteiger partial charge is 0.228 e. The van der Waals surface area contributed by atoms with E-state index in [9.17, 15) is 4.79 Å². The first-order chi connectivity index (χ1) is 7.36. The summed E-state index contributed by atoms with van der Waals surface area (Å²) in [5.74, 6) is 0.435. The molecule has 15 heavy (non-hydrogen) atoms. The highest BCUT2D eigenvalue weighted by Crippen LogP contribution is 2.37. The summed E-state index contributed by atoms with van der Waals surface area (Å²) in [4.78, 5) is 11.9. The predicted octanol–water partition coefficient (Wildman–Crippen LogP) is 2.32. The first kappa shape index (κ1) is 9.20. The zero-order valence-electron chi connectivity index (χ0n) is 8.96. The molecule has 0 spiro atoms. The summed E-state index contributed by atoms with van der Waals surface area (Å²) < 4.78 is 0. The lowest BCUT2D eigenvalue weighted by Crippen LogP contribution is -2.47. The van der Waals surface area contributed by atoms with Gasteiger partial charge in [-0.1, -0.05) is 18.6 Å². The highest BCUT2D eigenvalue weighted by Gasteiger charge is 2.35. The Kier molecular flexibility index (Phi) is 2.15. The Balaban J connectivity index is 2.04. The van der Waals surface area contributed by atoms with Crippen LogP contribution in [-0.2, 0) is 4.79 Å². The summed E-state index contributed by atoms with van der Waals surface area (Å²) in [5.41, 5.74) is 2.89. The van der Waals surface area contributed by atoms with Crippen molar-refractivity contribution in [2.24, 2.45) is 5.92 Å². The molecule has 1 heterocycles. The zero-order valence-corrected chi connectivity index (χ0v) is 8.96. The van der Waals surface area contributed by atoms with Gasteiger partial charge in [0, 0.05) is 0 Å². The summed E-state index contributed by atoms with van der Waals surface area (Å²) in [5, 5.41) is 3.19. The second-order valence-electron chi connectivity index (χ2n) is 4.82. The van der Waals surface area contributed by atoms with Gasteiger partial charge in [-0.3, -0.25) is 4.79 Å². The van der Waals surface area contributed by atoms with Gasteiger partial charge in [0.2, 0.25) is 5.91 Å². The van der Waals surface area contributed by atoms with Crippen LogP contribution in [0.4, 0.5) is 0 Å². The largest absolute Gasteiger partial charge is 0.349 e. The molecule has 0 aromatic heterocycles. The van der Waals surface area contributed by atoms with E-state index < -0.39 is 0 Å². The number of amides is 1. The summed E-state index contributed by atoms with van der Waals surface area (Å²) in [6.07, 6.45) is 11.4. The van der Waals surface area contributed by atoms with Gasteiger partial charge in [-0.25, -0.2) is 0 Å². The number of nitrogens with one attached hydrogen (secondary N) is 1. The molecule has 2 unspecified atom stereocenters. The summed E-state index contributed by atoms with van der Waals surface area (Å²) in [7, 11) is 0. The van der Waals surface area contributed by atoms with E-state index in [1.807, 2.05) is 0 Å². The van der Waals surface area contributed by atoms with Gasteiger partial charge in [0.25, 0.3) is 0 Å². The summed E-state index contributed by atoms with van der Waals surface area (Å²) in [6, 6.07) is 0.361. The minimum Gasteiger partial charge on any atom is -0.349 e. The zero-order chi connectivity index (χ0) is 10.3. The Morgan fingerprint density at radius 1 is 1.27 bits per heavy atom. The molecule has 2 aliphatic carbocycles. The van der Waals surface area contributed by atoms with Crippen molar-refractivity contribution in [2.75, 3.05) is 0 Å². The molecule has 2 nitrogen and oxygen atoms in total. The van der Waals surface area contributed by atoms with Crippen LogP contribution in [0.15, 0.2) is 23.3 Å². The fourth-order valence-corrected chi connectivity index (χ4v) is 3.14. The molecule has 3 rings (SSSR count). The molecule has 1 N–H and O–H groups in total. The molecule has 0 radical (unpaired) electrons. The molecule has 1 amide bonds. The molecule has 2 heteroatoms. The molecule has 1 fully saturated rings. The first-order valence-electron chi connectivity index (χ1n) is 6.06. The lowest BCUT2D eigenvalue weighted by molar-refractivity contribution is -0.125. The predicted molar refractivity (Wildman–Crippen MR) is 59.3 cm³/mol. The molecular formula is C13H17NO. The number of carbonyl (C=O) groups excluding carboxylic acids is 1. The van der Waals surface area contributed by atoms with Gasteiger partial charge in [-0.2, -0.15) is 0 Å². The average molecular weight is 203 g/mol. The van der Waals surface area contributed by atoms with Gasteiger partial charge in [0.1, 0.15) is 0 Å². The molecule has 0 bridgehead atoms. The third-order valence-electron chi connectivity index (χ3n) is 3.91. The number of fused-ring (bicyclic) bond motifs is 2. The molecule has 0 aromatic rings. The summed E-state index contributed by atoms with van der Waals surface area (Å²) >= 11 is 0. The van der Waals surface area contributed by atoms with Crippen LogP contribution < -0.4 is 5.32 Å². The van der Waals surface area contributed by atoms with Gasteiger partial charge >= 0.3 is 0 Å². The topological polar surface area (TPSA) is 29.1 Å². The maximum atomic E-state index is 11.9. The van der Waals surface area contributed by atoms with E-state index in [1.165, 1.54) is 30.4 Å². The Hall–Kier alpha value is -1.05. The van der Waals surface area contributed by atoms with Crippen LogP contribution in [0.1, 0.15) is 38.5 Å². The van der Waals surface area contributed by atoms with Crippen LogP contribution in [0.2, 0.25) is 0 Å². The van der Waals surface area contributed by atoms with Crippen LogP contribution in [0.5, 0.6) is 0 Å². The lowest BCUT2D eigenvalue weighted by Gasteiger charge is -2.37. The van der Waals surface area contributed by atoms with Crippen molar-refractivity contribution in [1.82, 2.24) is 5.32 Å². The highest BCUT2D eigenvalue weighted by atomic mass is 16.2. The minimum absolute atomic E-state index is 0.166. The Bertz CT molecular complexity index is 354. The van der Waals surface area contributed by atoms with Crippen molar-refractivity contribution in [3.8, 4) is 0 Å². The average Bonchev–Trinajstić information content (AvgIpc) is 2.30. The molecule has 3 aliphatic rings. The van der Waals surface area contributed by atoms with Crippen LogP contribution in [0.25, 0.3) is 0 Å². The van der Waals surface area contributed by atoms with Gasteiger partial charge in [-0.15, -0.1) is 0 Å². The van der Waals surface area contributed by atoms with Crippen molar-refractivity contribution >= 4 is 5.91 Å². The van der Waals surface area contributed by atoms with Gasteiger partial charge in [-0.05, 0) is 43.3 Å². The SMILES string of the molecule is O=C1NC2CCCCC2=C2C=CCCC12. The maximum absolute atomic E-state index is 11.9. The van der Waals surface area contributed by atoms with E-state index in [0.29, 0.717) is 6.04 Å². The number of carbonyl (C=O) groups is 1. The van der Waals surface area contributed by atoms with E-state index in [4.69, 9.17) is 0 Å². The van der Waals surface area contributed by atoms with Crippen molar-refractivity contribution in [3.63, 3.8) is 0 Å². The van der Waals surface area contributed by atoms with Crippen LogP contribution >= 0.6 is 0 Å². The van der Waals surface area contributed by atoms with Crippen LogP contribution in [0.3, 0.4) is 0 Å². The highest BCUT2D eigenvalue weighted by molar-refractivity contribution is 5.85. The third kappa shape index (κ3) is 1.43. The van der Waals surface area contributed by atoms with Crippen LogP contribution in [-0.4, -0.2) is 11.9 Å². The molecule has 1 aliphatic heterocycles. The molecule has 0 aromatic carbocycles. The van der Waals surface area contributed by atoms with Crippen molar-refractivity contribution < 1.29 is 4.79 Å². The lowest BCUT2D eigenvalue weighted by atomic mass is 9.75. The third-order valence-corrected chi connectivity index (χ3v) is 3.91. The van der Waals surface area contributed by atoms with E-state index in [2.05, 4.69) is 17.5 Å².